The van der Waals surface area contributed by atoms with Crippen LogP contribution in [0.2, 0.25) is 0 Å². The van der Waals surface area contributed by atoms with Gasteiger partial charge in [-0.1, -0.05) is 23.8 Å². The van der Waals surface area contributed by atoms with Gasteiger partial charge in [0, 0.05) is 25.7 Å². The highest BCUT2D eigenvalue weighted by molar-refractivity contribution is 5.85. The molecule has 0 amide bonds. The van der Waals surface area contributed by atoms with Gasteiger partial charge >= 0.3 is 0 Å². The van der Waals surface area contributed by atoms with Gasteiger partial charge in [-0.05, 0) is 25.0 Å². The number of hydrogen-bond acceptors (Lipinski definition) is 2. The molecule has 1 aliphatic heterocycles. The van der Waals surface area contributed by atoms with Gasteiger partial charge in [0.15, 0.2) is 0 Å². The molecule has 1 heterocycles. The zero-order chi connectivity index (χ0) is 9.97. The lowest BCUT2D eigenvalue weighted by atomic mass is 9.98. The zero-order valence-electron chi connectivity index (χ0n) is 9.34. The fourth-order valence-corrected chi connectivity index (χ4v) is 2.01. The average molecular weight is 227 g/mol. The maximum absolute atomic E-state index is 3.54. The van der Waals surface area contributed by atoms with E-state index in [4.69, 9.17) is 0 Å². The number of hydrogen-bond donors (Lipinski definition) is 2. The summed E-state index contributed by atoms with van der Waals surface area (Å²) in [5, 5.41) is 6.96. The first-order valence-electron chi connectivity index (χ1n) is 5.28. The van der Waals surface area contributed by atoms with Crippen LogP contribution in [-0.2, 0) is 0 Å². The molecular weight excluding hydrogens is 208 g/mol. The number of benzene rings is 1. The van der Waals surface area contributed by atoms with E-state index in [1.807, 2.05) is 0 Å². The normalized spacial score (nSPS) is 20.8. The van der Waals surface area contributed by atoms with E-state index in [2.05, 4.69) is 42.7 Å². The van der Waals surface area contributed by atoms with E-state index in [0.29, 0.717) is 6.04 Å². The molecule has 15 heavy (non-hydrogen) atoms. The van der Waals surface area contributed by atoms with Crippen LogP contribution in [0, 0.1) is 13.8 Å². The van der Waals surface area contributed by atoms with Gasteiger partial charge in [-0.25, -0.2) is 0 Å². The van der Waals surface area contributed by atoms with Crippen molar-refractivity contribution in [3.63, 3.8) is 0 Å². The molecule has 0 saturated carbocycles. The van der Waals surface area contributed by atoms with E-state index in [1.165, 1.54) is 16.7 Å². The fourth-order valence-electron chi connectivity index (χ4n) is 2.01. The molecule has 0 bridgehead atoms. The summed E-state index contributed by atoms with van der Waals surface area (Å²) < 4.78 is 0. The van der Waals surface area contributed by atoms with E-state index in [1.54, 1.807) is 0 Å². The minimum atomic E-state index is 0. The van der Waals surface area contributed by atoms with Crippen molar-refractivity contribution in [2.45, 2.75) is 19.9 Å². The topological polar surface area (TPSA) is 24.1 Å². The Labute approximate surface area is 97.9 Å². The minimum Gasteiger partial charge on any atom is -0.314 e. The largest absolute Gasteiger partial charge is 0.314 e. The molecule has 1 aromatic rings. The predicted molar refractivity (Wildman–Crippen MR) is 66.8 cm³/mol. The summed E-state index contributed by atoms with van der Waals surface area (Å²) in [4.78, 5) is 0. The third-order valence-electron chi connectivity index (χ3n) is 2.85. The van der Waals surface area contributed by atoms with Crippen molar-refractivity contribution in [3.05, 3.63) is 34.9 Å². The molecule has 84 valence electrons. The summed E-state index contributed by atoms with van der Waals surface area (Å²) in [5.41, 5.74) is 4.17. The van der Waals surface area contributed by atoms with Crippen LogP contribution in [0.4, 0.5) is 0 Å². The Kier molecular flexibility index (Phi) is 4.58. The molecule has 1 aliphatic rings. The van der Waals surface area contributed by atoms with Crippen LogP contribution in [0.25, 0.3) is 0 Å². The van der Waals surface area contributed by atoms with Crippen LogP contribution in [0.5, 0.6) is 0 Å². The van der Waals surface area contributed by atoms with Crippen LogP contribution >= 0.6 is 12.4 Å². The van der Waals surface area contributed by atoms with Gasteiger partial charge in [-0.2, -0.15) is 0 Å². The van der Waals surface area contributed by atoms with E-state index in [9.17, 15) is 0 Å². The summed E-state index contributed by atoms with van der Waals surface area (Å²) in [5.74, 6) is 0. The Bertz CT molecular complexity index is 319. The molecule has 0 aromatic heterocycles. The second-order valence-corrected chi connectivity index (χ2v) is 4.07. The molecule has 2 nitrogen and oxygen atoms in total. The molecule has 0 unspecified atom stereocenters. The van der Waals surface area contributed by atoms with Crippen LogP contribution in [0.3, 0.4) is 0 Å². The van der Waals surface area contributed by atoms with Gasteiger partial charge in [0.25, 0.3) is 0 Å². The Balaban J connectivity index is 0.00000112. The van der Waals surface area contributed by atoms with Crippen molar-refractivity contribution in [2.75, 3.05) is 19.6 Å². The van der Waals surface area contributed by atoms with Crippen molar-refractivity contribution in [1.82, 2.24) is 10.6 Å². The quantitative estimate of drug-likeness (QED) is 0.765. The molecule has 0 radical (unpaired) electrons. The van der Waals surface area contributed by atoms with Crippen molar-refractivity contribution < 1.29 is 0 Å². The van der Waals surface area contributed by atoms with Crippen molar-refractivity contribution in [1.29, 1.82) is 0 Å². The Morgan fingerprint density at radius 3 is 2.67 bits per heavy atom. The number of aryl methyl sites for hydroxylation is 2. The van der Waals surface area contributed by atoms with Gasteiger partial charge in [0.05, 0.1) is 0 Å². The predicted octanol–water partition coefficient (Wildman–Crippen LogP) is 1.96. The molecule has 1 atom stereocenters. The summed E-state index contributed by atoms with van der Waals surface area (Å²) in [7, 11) is 0. The maximum Gasteiger partial charge on any atom is 0.0449 e. The number of halogens is 1. The molecular formula is C12H19ClN2. The second-order valence-electron chi connectivity index (χ2n) is 4.07. The molecule has 0 aliphatic carbocycles. The zero-order valence-corrected chi connectivity index (χ0v) is 10.2. The third kappa shape index (κ3) is 2.94. The van der Waals surface area contributed by atoms with Crippen LogP contribution in [0.15, 0.2) is 18.2 Å². The van der Waals surface area contributed by atoms with E-state index < -0.39 is 0 Å². The van der Waals surface area contributed by atoms with Crippen molar-refractivity contribution >= 4 is 12.4 Å². The van der Waals surface area contributed by atoms with E-state index >= 15 is 0 Å². The Morgan fingerprint density at radius 1 is 1.20 bits per heavy atom. The lowest BCUT2D eigenvalue weighted by molar-refractivity contribution is 0.429. The smallest absolute Gasteiger partial charge is 0.0449 e. The molecule has 0 spiro atoms. The third-order valence-corrected chi connectivity index (χ3v) is 2.85. The molecule has 3 heteroatoms. The van der Waals surface area contributed by atoms with E-state index in [-0.39, 0.29) is 12.4 Å². The number of piperazine rings is 1. The summed E-state index contributed by atoms with van der Waals surface area (Å²) >= 11 is 0. The SMILES string of the molecule is Cc1ccc(C)c([C@H]2CNCCN2)c1.Cl. The minimum absolute atomic E-state index is 0. The standard InChI is InChI=1S/C12H18N2.ClH/c1-9-3-4-10(2)11(7-9)12-8-13-5-6-14-12;/h3-4,7,12-14H,5-6,8H2,1-2H3;1H/t12-;/m1./s1. The molecule has 1 fully saturated rings. The van der Waals surface area contributed by atoms with Crippen molar-refractivity contribution in [3.8, 4) is 0 Å². The number of rotatable bonds is 1. The van der Waals surface area contributed by atoms with Gasteiger partial charge in [0.2, 0.25) is 0 Å². The Morgan fingerprint density at radius 2 is 2.00 bits per heavy atom. The fraction of sp³-hybridized carbons (Fsp3) is 0.500. The highest BCUT2D eigenvalue weighted by atomic mass is 35.5. The molecule has 1 aromatic carbocycles. The maximum atomic E-state index is 3.54. The number of nitrogens with one attached hydrogen (secondary N) is 2. The molecule has 1 saturated heterocycles. The first kappa shape index (κ1) is 12.5. The Hall–Kier alpha value is -0.570. The molecule has 2 rings (SSSR count). The van der Waals surface area contributed by atoms with Gasteiger partial charge in [-0.15, -0.1) is 12.4 Å². The first-order chi connectivity index (χ1) is 6.77. The van der Waals surface area contributed by atoms with Gasteiger partial charge in [0.1, 0.15) is 0 Å². The average Bonchev–Trinajstić information content (AvgIpc) is 2.23. The summed E-state index contributed by atoms with van der Waals surface area (Å²) in [6, 6.07) is 7.17. The highest BCUT2D eigenvalue weighted by Gasteiger charge is 2.15. The highest BCUT2D eigenvalue weighted by Crippen LogP contribution is 2.19. The van der Waals surface area contributed by atoms with Crippen LogP contribution in [0.1, 0.15) is 22.7 Å². The first-order valence-corrected chi connectivity index (χ1v) is 5.28. The van der Waals surface area contributed by atoms with E-state index in [0.717, 1.165) is 19.6 Å². The van der Waals surface area contributed by atoms with Crippen molar-refractivity contribution in [2.24, 2.45) is 0 Å². The summed E-state index contributed by atoms with van der Waals surface area (Å²) in [6.45, 7) is 7.54. The van der Waals surface area contributed by atoms with Crippen LogP contribution in [-0.4, -0.2) is 19.6 Å². The van der Waals surface area contributed by atoms with Gasteiger partial charge in [-0.3, -0.25) is 0 Å². The van der Waals surface area contributed by atoms with Gasteiger partial charge < -0.3 is 10.6 Å². The monoisotopic (exact) mass is 226 g/mol. The molecule has 2 N–H and O–H groups in total. The lowest BCUT2D eigenvalue weighted by Crippen LogP contribution is -2.42. The lowest BCUT2D eigenvalue weighted by Gasteiger charge is -2.26. The second kappa shape index (κ2) is 5.50. The van der Waals surface area contributed by atoms with Crippen LogP contribution < -0.4 is 10.6 Å². The summed E-state index contributed by atoms with van der Waals surface area (Å²) in [6.07, 6.45) is 0.